The lowest BCUT2D eigenvalue weighted by Crippen LogP contribution is -2.22. The Kier molecular flexibility index (Phi) is 4.94. The second-order valence-electron chi connectivity index (χ2n) is 5.41. The first-order valence-electron chi connectivity index (χ1n) is 7.06. The minimum atomic E-state index is 0.764. The van der Waals surface area contributed by atoms with Crippen LogP contribution in [0, 0.1) is 11.8 Å². The third-order valence-corrected chi connectivity index (χ3v) is 4.08. The molecule has 2 heteroatoms. The highest BCUT2D eigenvalue weighted by molar-refractivity contribution is 5.98. The third kappa shape index (κ3) is 3.67. The summed E-state index contributed by atoms with van der Waals surface area (Å²) in [6.45, 7) is 3.96. The maximum absolute atomic E-state index is 5.72. The SMILES string of the molecule is C/C(=N\CC1CCC(CN)CC1)c1ccccc1. The van der Waals surface area contributed by atoms with Crippen molar-refractivity contribution in [2.24, 2.45) is 22.6 Å². The molecule has 1 aliphatic rings. The van der Waals surface area contributed by atoms with Gasteiger partial charge in [-0.15, -0.1) is 0 Å². The zero-order valence-corrected chi connectivity index (χ0v) is 11.3. The molecular weight excluding hydrogens is 220 g/mol. The molecule has 0 atom stereocenters. The molecule has 0 saturated heterocycles. The van der Waals surface area contributed by atoms with Crippen molar-refractivity contribution >= 4 is 5.71 Å². The Hall–Kier alpha value is -1.15. The Morgan fingerprint density at radius 1 is 1.11 bits per heavy atom. The average Bonchev–Trinajstić information content (AvgIpc) is 2.46. The molecule has 2 rings (SSSR count). The maximum Gasteiger partial charge on any atom is 0.0420 e. The van der Waals surface area contributed by atoms with Crippen molar-refractivity contribution < 1.29 is 0 Å². The van der Waals surface area contributed by atoms with Gasteiger partial charge in [0.25, 0.3) is 0 Å². The topological polar surface area (TPSA) is 38.4 Å². The molecule has 0 radical (unpaired) electrons. The van der Waals surface area contributed by atoms with E-state index in [1.165, 1.54) is 31.2 Å². The number of rotatable bonds is 4. The third-order valence-electron chi connectivity index (χ3n) is 4.08. The summed E-state index contributed by atoms with van der Waals surface area (Å²) in [7, 11) is 0. The fourth-order valence-electron chi connectivity index (χ4n) is 2.69. The predicted molar refractivity (Wildman–Crippen MR) is 78.0 cm³/mol. The molecule has 1 aromatic carbocycles. The zero-order valence-electron chi connectivity index (χ0n) is 11.3. The van der Waals surface area contributed by atoms with Gasteiger partial charge in [-0.3, -0.25) is 4.99 Å². The van der Waals surface area contributed by atoms with Crippen LogP contribution in [-0.2, 0) is 0 Å². The summed E-state index contributed by atoms with van der Waals surface area (Å²) in [6, 6.07) is 10.4. The van der Waals surface area contributed by atoms with Crippen molar-refractivity contribution in [3.8, 4) is 0 Å². The Labute approximate surface area is 110 Å². The van der Waals surface area contributed by atoms with E-state index >= 15 is 0 Å². The summed E-state index contributed by atoms with van der Waals surface area (Å²) in [5, 5.41) is 0. The van der Waals surface area contributed by atoms with Crippen LogP contribution in [0.5, 0.6) is 0 Å². The molecule has 2 nitrogen and oxygen atoms in total. The molecule has 0 amide bonds. The normalized spacial score (nSPS) is 25.1. The molecule has 18 heavy (non-hydrogen) atoms. The van der Waals surface area contributed by atoms with E-state index in [2.05, 4.69) is 31.2 Å². The monoisotopic (exact) mass is 244 g/mol. The van der Waals surface area contributed by atoms with Gasteiger partial charge in [0.05, 0.1) is 0 Å². The molecule has 1 fully saturated rings. The van der Waals surface area contributed by atoms with Crippen LogP contribution in [0.2, 0.25) is 0 Å². The van der Waals surface area contributed by atoms with Gasteiger partial charge in [0, 0.05) is 12.3 Å². The second-order valence-corrected chi connectivity index (χ2v) is 5.41. The first-order valence-corrected chi connectivity index (χ1v) is 7.06. The summed E-state index contributed by atoms with van der Waals surface area (Å²) < 4.78 is 0. The van der Waals surface area contributed by atoms with Gasteiger partial charge < -0.3 is 5.73 Å². The zero-order chi connectivity index (χ0) is 12.8. The van der Waals surface area contributed by atoms with Crippen molar-refractivity contribution in [2.45, 2.75) is 32.6 Å². The highest BCUT2D eigenvalue weighted by atomic mass is 14.7. The lowest BCUT2D eigenvalue weighted by atomic mass is 9.82. The van der Waals surface area contributed by atoms with Gasteiger partial charge in [-0.2, -0.15) is 0 Å². The minimum absolute atomic E-state index is 0.764. The van der Waals surface area contributed by atoms with Gasteiger partial charge in [0.1, 0.15) is 0 Å². The molecular formula is C16H24N2. The number of aliphatic imine (C=N–C) groups is 1. The molecule has 0 unspecified atom stereocenters. The first kappa shape index (κ1) is 13.3. The molecule has 0 bridgehead atoms. The highest BCUT2D eigenvalue weighted by Crippen LogP contribution is 2.28. The largest absolute Gasteiger partial charge is 0.330 e. The Morgan fingerprint density at radius 2 is 1.72 bits per heavy atom. The van der Waals surface area contributed by atoms with Gasteiger partial charge in [-0.1, -0.05) is 30.3 Å². The molecule has 0 spiro atoms. The second kappa shape index (κ2) is 6.69. The lowest BCUT2D eigenvalue weighted by Gasteiger charge is -2.26. The first-order chi connectivity index (χ1) is 8.79. The van der Waals surface area contributed by atoms with Gasteiger partial charge in [-0.25, -0.2) is 0 Å². The standard InChI is InChI=1S/C16H24N2/c1-13(16-5-3-2-4-6-16)18-12-15-9-7-14(11-17)8-10-15/h2-6,14-15H,7-12,17H2,1H3/b18-13+. The van der Waals surface area contributed by atoms with Crippen molar-refractivity contribution in [3.63, 3.8) is 0 Å². The van der Waals surface area contributed by atoms with Crippen LogP contribution in [0.15, 0.2) is 35.3 Å². The maximum atomic E-state index is 5.72. The van der Waals surface area contributed by atoms with Crippen LogP contribution in [0.1, 0.15) is 38.2 Å². The molecule has 1 aromatic rings. The Balaban J connectivity index is 1.84. The quantitative estimate of drug-likeness (QED) is 0.811. The van der Waals surface area contributed by atoms with E-state index in [1.54, 1.807) is 0 Å². The summed E-state index contributed by atoms with van der Waals surface area (Å²) in [5.74, 6) is 1.53. The smallest absolute Gasteiger partial charge is 0.0420 e. The number of hydrogen-bond acceptors (Lipinski definition) is 2. The fraction of sp³-hybridized carbons (Fsp3) is 0.562. The Bertz CT molecular complexity index is 375. The number of benzene rings is 1. The number of hydrogen-bond donors (Lipinski definition) is 1. The van der Waals surface area contributed by atoms with Gasteiger partial charge in [0.15, 0.2) is 0 Å². The van der Waals surface area contributed by atoms with Gasteiger partial charge in [0.2, 0.25) is 0 Å². The molecule has 0 aromatic heterocycles. The number of nitrogens with two attached hydrogens (primary N) is 1. The van der Waals surface area contributed by atoms with Crippen LogP contribution in [-0.4, -0.2) is 18.8 Å². The summed E-state index contributed by atoms with van der Waals surface area (Å²) in [4.78, 5) is 4.75. The van der Waals surface area contributed by atoms with Gasteiger partial charge in [-0.05, 0) is 56.6 Å². The lowest BCUT2D eigenvalue weighted by molar-refractivity contribution is 0.285. The van der Waals surface area contributed by atoms with E-state index in [-0.39, 0.29) is 0 Å². The van der Waals surface area contributed by atoms with E-state index in [0.717, 1.165) is 30.6 Å². The molecule has 1 saturated carbocycles. The molecule has 1 aliphatic carbocycles. The highest BCUT2D eigenvalue weighted by Gasteiger charge is 2.19. The average molecular weight is 244 g/mol. The Morgan fingerprint density at radius 3 is 2.33 bits per heavy atom. The minimum Gasteiger partial charge on any atom is -0.330 e. The van der Waals surface area contributed by atoms with Crippen LogP contribution in [0.25, 0.3) is 0 Å². The van der Waals surface area contributed by atoms with Crippen LogP contribution < -0.4 is 5.73 Å². The summed E-state index contributed by atoms with van der Waals surface area (Å²) >= 11 is 0. The van der Waals surface area contributed by atoms with E-state index in [4.69, 9.17) is 10.7 Å². The molecule has 0 aliphatic heterocycles. The van der Waals surface area contributed by atoms with Crippen LogP contribution in [0.4, 0.5) is 0 Å². The summed E-state index contributed by atoms with van der Waals surface area (Å²) in [5.41, 5.74) is 8.13. The van der Waals surface area contributed by atoms with Crippen LogP contribution in [0.3, 0.4) is 0 Å². The van der Waals surface area contributed by atoms with Crippen molar-refractivity contribution in [1.82, 2.24) is 0 Å². The predicted octanol–water partition coefficient (Wildman–Crippen LogP) is 3.26. The van der Waals surface area contributed by atoms with E-state index < -0.39 is 0 Å². The van der Waals surface area contributed by atoms with Crippen molar-refractivity contribution in [2.75, 3.05) is 13.1 Å². The van der Waals surface area contributed by atoms with Crippen molar-refractivity contribution in [3.05, 3.63) is 35.9 Å². The van der Waals surface area contributed by atoms with Gasteiger partial charge >= 0.3 is 0 Å². The molecule has 2 N–H and O–H groups in total. The van der Waals surface area contributed by atoms with E-state index in [9.17, 15) is 0 Å². The van der Waals surface area contributed by atoms with E-state index in [0.29, 0.717) is 0 Å². The van der Waals surface area contributed by atoms with Crippen LogP contribution >= 0.6 is 0 Å². The molecule has 0 heterocycles. The van der Waals surface area contributed by atoms with E-state index in [1.807, 2.05) is 6.07 Å². The summed E-state index contributed by atoms with van der Waals surface area (Å²) in [6.07, 6.45) is 5.18. The van der Waals surface area contributed by atoms with Crippen molar-refractivity contribution in [1.29, 1.82) is 0 Å². The molecule has 98 valence electrons. The fourth-order valence-corrected chi connectivity index (χ4v) is 2.69. The number of nitrogens with zero attached hydrogens (tertiary/aromatic N) is 1.